The van der Waals surface area contributed by atoms with Crippen LogP contribution in [0.15, 0.2) is 24.3 Å². The van der Waals surface area contributed by atoms with Crippen LogP contribution in [0.3, 0.4) is 0 Å². The first-order valence-electron chi connectivity index (χ1n) is 8.99. The summed E-state index contributed by atoms with van der Waals surface area (Å²) < 4.78 is 5.40. The Balaban J connectivity index is 1.65. The summed E-state index contributed by atoms with van der Waals surface area (Å²) in [5.74, 6) is 0.535. The van der Waals surface area contributed by atoms with E-state index in [1.165, 1.54) is 6.42 Å². The number of ether oxygens (including phenoxy) is 1. The van der Waals surface area contributed by atoms with Crippen molar-refractivity contribution in [1.82, 2.24) is 4.90 Å². The van der Waals surface area contributed by atoms with Crippen molar-refractivity contribution in [2.75, 3.05) is 25.0 Å². The van der Waals surface area contributed by atoms with Crippen LogP contribution in [-0.4, -0.2) is 42.5 Å². The molecule has 130 valence electrons. The highest BCUT2D eigenvalue weighted by molar-refractivity contribution is 5.98. The maximum absolute atomic E-state index is 12.7. The number of carbonyl (C=O) groups is 2. The molecule has 2 amide bonds. The molecule has 2 saturated heterocycles. The second-order valence-electron chi connectivity index (χ2n) is 6.74. The Labute approximate surface area is 143 Å². The zero-order valence-corrected chi connectivity index (χ0v) is 14.3. The Hall–Kier alpha value is -1.88. The molecule has 0 saturated carbocycles. The molecule has 5 heteroatoms. The minimum atomic E-state index is -0.364. The number of hydrogen-bond acceptors (Lipinski definition) is 3. The number of piperidine rings is 1. The topological polar surface area (TPSA) is 58.6 Å². The van der Waals surface area contributed by atoms with Gasteiger partial charge in [0.25, 0.3) is 11.8 Å². The molecule has 24 heavy (non-hydrogen) atoms. The maximum Gasteiger partial charge on any atom is 0.253 e. The number of nitrogens with zero attached hydrogens (tertiary/aromatic N) is 1. The van der Waals surface area contributed by atoms with Crippen LogP contribution in [0, 0.1) is 5.92 Å². The zero-order valence-electron chi connectivity index (χ0n) is 14.3. The van der Waals surface area contributed by atoms with Crippen LogP contribution in [-0.2, 0) is 9.53 Å². The average molecular weight is 330 g/mol. The average Bonchev–Trinajstić information content (AvgIpc) is 3.16. The molecule has 2 unspecified atom stereocenters. The van der Waals surface area contributed by atoms with Crippen molar-refractivity contribution < 1.29 is 14.3 Å². The minimum Gasteiger partial charge on any atom is -0.368 e. The fourth-order valence-electron chi connectivity index (χ4n) is 3.50. The minimum absolute atomic E-state index is 0.0568. The van der Waals surface area contributed by atoms with E-state index in [-0.39, 0.29) is 17.9 Å². The van der Waals surface area contributed by atoms with Gasteiger partial charge in [0.1, 0.15) is 6.10 Å². The van der Waals surface area contributed by atoms with Crippen LogP contribution in [0.2, 0.25) is 0 Å². The molecule has 3 rings (SSSR count). The van der Waals surface area contributed by atoms with Gasteiger partial charge in [-0.25, -0.2) is 0 Å². The summed E-state index contributed by atoms with van der Waals surface area (Å²) in [5.41, 5.74) is 1.29. The van der Waals surface area contributed by atoms with Crippen LogP contribution in [0.4, 0.5) is 5.69 Å². The highest BCUT2D eigenvalue weighted by Gasteiger charge is 2.25. The van der Waals surface area contributed by atoms with Crippen molar-refractivity contribution in [3.63, 3.8) is 0 Å². The second kappa shape index (κ2) is 7.79. The van der Waals surface area contributed by atoms with E-state index in [2.05, 4.69) is 12.2 Å². The lowest BCUT2D eigenvalue weighted by Gasteiger charge is -2.32. The summed E-state index contributed by atoms with van der Waals surface area (Å²) in [7, 11) is 0. The van der Waals surface area contributed by atoms with Gasteiger partial charge in [-0.1, -0.05) is 19.4 Å². The summed E-state index contributed by atoms with van der Waals surface area (Å²) in [6, 6.07) is 7.22. The van der Waals surface area contributed by atoms with E-state index >= 15 is 0 Å². The smallest absolute Gasteiger partial charge is 0.253 e. The lowest BCUT2D eigenvalue weighted by atomic mass is 9.95. The number of likely N-dealkylation sites (tertiary alicyclic amines) is 1. The molecule has 5 nitrogen and oxygen atoms in total. The maximum atomic E-state index is 12.7. The van der Waals surface area contributed by atoms with Crippen molar-refractivity contribution in [3.05, 3.63) is 29.8 Å². The van der Waals surface area contributed by atoms with Crippen LogP contribution < -0.4 is 5.32 Å². The lowest BCUT2D eigenvalue weighted by molar-refractivity contribution is -0.124. The van der Waals surface area contributed by atoms with Gasteiger partial charge in [-0.15, -0.1) is 0 Å². The quantitative estimate of drug-likeness (QED) is 0.923. The SMILES string of the molecule is CCC1CCCN(C(=O)c2cccc(NC(=O)C3CCCO3)c2)C1. The van der Waals surface area contributed by atoms with Gasteiger partial charge in [0.05, 0.1) is 0 Å². The third-order valence-electron chi connectivity index (χ3n) is 4.98. The van der Waals surface area contributed by atoms with Crippen molar-refractivity contribution in [1.29, 1.82) is 0 Å². The van der Waals surface area contributed by atoms with E-state index in [4.69, 9.17) is 4.74 Å². The van der Waals surface area contributed by atoms with E-state index in [0.717, 1.165) is 38.8 Å². The van der Waals surface area contributed by atoms with Crippen LogP contribution >= 0.6 is 0 Å². The van der Waals surface area contributed by atoms with E-state index in [9.17, 15) is 9.59 Å². The summed E-state index contributed by atoms with van der Waals surface area (Å²) in [6.07, 6.45) is 4.70. The largest absolute Gasteiger partial charge is 0.368 e. The second-order valence-corrected chi connectivity index (χ2v) is 6.74. The highest BCUT2D eigenvalue weighted by Crippen LogP contribution is 2.22. The molecule has 2 atom stereocenters. The van der Waals surface area contributed by atoms with Gasteiger partial charge in [0.15, 0.2) is 0 Å². The molecule has 1 aromatic carbocycles. The first-order chi connectivity index (χ1) is 11.7. The van der Waals surface area contributed by atoms with Crippen LogP contribution in [0.5, 0.6) is 0 Å². The Morgan fingerprint density at radius 1 is 1.29 bits per heavy atom. The number of amides is 2. The van der Waals surface area contributed by atoms with Gasteiger partial charge >= 0.3 is 0 Å². The van der Waals surface area contributed by atoms with Gasteiger partial charge in [0, 0.05) is 30.9 Å². The monoisotopic (exact) mass is 330 g/mol. The van der Waals surface area contributed by atoms with Crippen molar-refractivity contribution >= 4 is 17.5 Å². The number of carbonyl (C=O) groups excluding carboxylic acids is 2. The number of rotatable bonds is 4. The lowest BCUT2D eigenvalue weighted by Crippen LogP contribution is -2.39. The van der Waals surface area contributed by atoms with Gasteiger partial charge < -0.3 is 15.0 Å². The van der Waals surface area contributed by atoms with Gasteiger partial charge in [-0.05, 0) is 49.8 Å². The predicted octanol–water partition coefficient (Wildman–Crippen LogP) is 3.07. The third kappa shape index (κ3) is 3.96. The molecule has 0 bridgehead atoms. The highest BCUT2D eigenvalue weighted by atomic mass is 16.5. The molecule has 2 aliphatic rings. The standard InChI is InChI=1S/C19H26N2O3/c1-2-14-6-4-10-21(13-14)19(23)15-7-3-8-16(12-15)20-18(22)17-9-5-11-24-17/h3,7-8,12,14,17H,2,4-6,9-11,13H2,1H3,(H,20,22). The Morgan fingerprint density at radius 2 is 2.17 bits per heavy atom. The molecule has 1 N–H and O–H groups in total. The fraction of sp³-hybridized carbons (Fsp3) is 0.579. The molecule has 0 aliphatic carbocycles. The van der Waals surface area contributed by atoms with Gasteiger partial charge in [-0.2, -0.15) is 0 Å². The van der Waals surface area contributed by atoms with Gasteiger partial charge in [-0.3, -0.25) is 9.59 Å². The Kier molecular flexibility index (Phi) is 5.51. The molecule has 0 spiro atoms. The summed E-state index contributed by atoms with van der Waals surface area (Å²) in [6.45, 7) is 4.48. The molecule has 0 aromatic heterocycles. The normalized spacial score (nSPS) is 24.0. The Bertz CT molecular complexity index is 596. The molecular formula is C19H26N2O3. The van der Waals surface area contributed by atoms with Crippen LogP contribution in [0.1, 0.15) is 49.4 Å². The first-order valence-corrected chi connectivity index (χ1v) is 8.99. The van der Waals surface area contributed by atoms with E-state index in [1.807, 2.05) is 23.1 Å². The molecule has 2 aliphatic heterocycles. The number of benzene rings is 1. The number of nitrogens with one attached hydrogen (secondary N) is 1. The van der Waals surface area contributed by atoms with Crippen molar-refractivity contribution in [2.24, 2.45) is 5.92 Å². The fourth-order valence-corrected chi connectivity index (χ4v) is 3.50. The van der Waals surface area contributed by atoms with Crippen molar-refractivity contribution in [3.8, 4) is 0 Å². The van der Waals surface area contributed by atoms with Crippen molar-refractivity contribution in [2.45, 2.75) is 45.1 Å². The molecule has 2 fully saturated rings. The zero-order chi connectivity index (χ0) is 16.9. The predicted molar refractivity (Wildman–Crippen MR) is 93.0 cm³/mol. The molecular weight excluding hydrogens is 304 g/mol. The molecule has 0 radical (unpaired) electrons. The Morgan fingerprint density at radius 3 is 2.92 bits per heavy atom. The first kappa shape index (κ1) is 17.0. The summed E-state index contributed by atoms with van der Waals surface area (Å²) in [5, 5.41) is 2.87. The van der Waals surface area contributed by atoms with E-state index < -0.39 is 0 Å². The number of hydrogen-bond donors (Lipinski definition) is 1. The van der Waals surface area contributed by atoms with Gasteiger partial charge in [0.2, 0.25) is 0 Å². The number of anilines is 1. The van der Waals surface area contributed by atoms with E-state index in [0.29, 0.717) is 23.8 Å². The van der Waals surface area contributed by atoms with Crippen LogP contribution in [0.25, 0.3) is 0 Å². The third-order valence-corrected chi connectivity index (χ3v) is 4.98. The molecule has 1 aromatic rings. The van der Waals surface area contributed by atoms with E-state index in [1.54, 1.807) is 6.07 Å². The summed E-state index contributed by atoms with van der Waals surface area (Å²) >= 11 is 0. The molecule has 2 heterocycles. The summed E-state index contributed by atoms with van der Waals surface area (Å²) in [4.78, 5) is 26.8.